The molecule has 0 aliphatic carbocycles. The number of aromatic nitrogens is 1. The van der Waals surface area contributed by atoms with Crippen molar-refractivity contribution in [2.75, 3.05) is 26.7 Å². The fraction of sp³-hybridized carbons (Fsp3) is 0.625. The number of hydrogen-bond donors (Lipinski definition) is 1. The van der Waals surface area contributed by atoms with Crippen molar-refractivity contribution in [3.8, 4) is 5.75 Å². The maximum absolute atomic E-state index is 12.1. The van der Waals surface area contributed by atoms with Gasteiger partial charge >= 0.3 is 0 Å². The number of rotatable bonds is 5. The summed E-state index contributed by atoms with van der Waals surface area (Å²) in [5.74, 6) is 1.09. The van der Waals surface area contributed by atoms with Crippen LogP contribution in [0.2, 0.25) is 0 Å². The van der Waals surface area contributed by atoms with E-state index in [0.29, 0.717) is 23.4 Å². The molecule has 1 amide bonds. The lowest BCUT2D eigenvalue weighted by Crippen LogP contribution is -2.41. The third-order valence-electron chi connectivity index (χ3n) is 4.13. The molecule has 1 aliphatic heterocycles. The SMILES string of the molecule is COc1ccnc(C(=O)NCC2CCN(C(C)C)CC2)c1. The number of amides is 1. The highest BCUT2D eigenvalue weighted by Crippen LogP contribution is 2.18. The van der Waals surface area contributed by atoms with Crippen molar-refractivity contribution in [1.82, 2.24) is 15.2 Å². The number of ether oxygens (including phenoxy) is 1. The van der Waals surface area contributed by atoms with E-state index >= 15 is 0 Å². The molecule has 0 aromatic carbocycles. The Balaban J connectivity index is 1.79. The number of nitrogens with zero attached hydrogens (tertiary/aromatic N) is 2. The van der Waals surface area contributed by atoms with Gasteiger partial charge in [0.2, 0.25) is 0 Å². The zero-order chi connectivity index (χ0) is 15.2. The molecule has 0 atom stereocenters. The lowest BCUT2D eigenvalue weighted by atomic mass is 9.96. The van der Waals surface area contributed by atoms with Crippen molar-refractivity contribution in [3.63, 3.8) is 0 Å². The quantitative estimate of drug-likeness (QED) is 0.901. The van der Waals surface area contributed by atoms with Gasteiger partial charge in [-0.2, -0.15) is 0 Å². The average molecular weight is 291 g/mol. The fourth-order valence-corrected chi connectivity index (χ4v) is 2.66. The molecule has 2 heterocycles. The van der Waals surface area contributed by atoms with E-state index in [2.05, 4.69) is 29.0 Å². The highest BCUT2D eigenvalue weighted by atomic mass is 16.5. The van der Waals surface area contributed by atoms with Crippen LogP contribution in [-0.4, -0.2) is 48.6 Å². The molecule has 0 spiro atoms. The summed E-state index contributed by atoms with van der Waals surface area (Å²) in [4.78, 5) is 18.7. The Kier molecular flexibility index (Phi) is 5.56. The summed E-state index contributed by atoms with van der Waals surface area (Å²) in [5.41, 5.74) is 0.411. The van der Waals surface area contributed by atoms with Crippen molar-refractivity contribution in [2.45, 2.75) is 32.7 Å². The number of pyridine rings is 1. The minimum atomic E-state index is -0.125. The van der Waals surface area contributed by atoms with Crippen molar-refractivity contribution < 1.29 is 9.53 Å². The summed E-state index contributed by atoms with van der Waals surface area (Å²) in [6.07, 6.45) is 3.88. The van der Waals surface area contributed by atoms with Gasteiger partial charge in [-0.15, -0.1) is 0 Å². The number of carbonyl (C=O) groups is 1. The van der Waals surface area contributed by atoms with Crippen molar-refractivity contribution in [2.24, 2.45) is 5.92 Å². The van der Waals surface area contributed by atoms with Crippen LogP contribution in [0.25, 0.3) is 0 Å². The molecule has 21 heavy (non-hydrogen) atoms. The maximum Gasteiger partial charge on any atom is 0.270 e. The van der Waals surface area contributed by atoms with Gasteiger partial charge in [0.1, 0.15) is 11.4 Å². The van der Waals surface area contributed by atoms with Crippen LogP contribution >= 0.6 is 0 Å². The highest BCUT2D eigenvalue weighted by molar-refractivity contribution is 5.92. The first-order valence-electron chi connectivity index (χ1n) is 7.62. The molecule has 1 aromatic rings. The number of nitrogens with one attached hydrogen (secondary N) is 1. The molecule has 116 valence electrons. The predicted molar refractivity (Wildman–Crippen MR) is 82.6 cm³/mol. The van der Waals surface area contributed by atoms with Crippen LogP contribution in [-0.2, 0) is 0 Å². The van der Waals surface area contributed by atoms with Gasteiger partial charge in [-0.1, -0.05) is 0 Å². The summed E-state index contributed by atoms with van der Waals surface area (Å²) >= 11 is 0. The van der Waals surface area contributed by atoms with Gasteiger partial charge in [-0.3, -0.25) is 9.78 Å². The van der Waals surface area contributed by atoms with Gasteiger partial charge in [0.25, 0.3) is 5.91 Å². The lowest BCUT2D eigenvalue weighted by molar-refractivity contribution is 0.0924. The van der Waals surface area contributed by atoms with Gasteiger partial charge in [0.05, 0.1) is 7.11 Å². The molecular formula is C16H25N3O2. The van der Waals surface area contributed by atoms with E-state index in [1.807, 2.05) is 0 Å². The van der Waals surface area contributed by atoms with E-state index < -0.39 is 0 Å². The smallest absolute Gasteiger partial charge is 0.270 e. The minimum Gasteiger partial charge on any atom is -0.497 e. The Labute approximate surface area is 126 Å². The van der Waals surface area contributed by atoms with E-state index in [9.17, 15) is 4.79 Å². The molecular weight excluding hydrogens is 266 g/mol. The molecule has 1 aliphatic rings. The molecule has 0 radical (unpaired) electrons. The first-order valence-corrected chi connectivity index (χ1v) is 7.62. The Hall–Kier alpha value is -1.62. The number of likely N-dealkylation sites (tertiary alicyclic amines) is 1. The van der Waals surface area contributed by atoms with E-state index in [0.717, 1.165) is 32.5 Å². The van der Waals surface area contributed by atoms with Gasteiger partial charge in [-0.25, -0.2) is 0 Å². The topological polar surface area (TPSA) is 54.5 Å². The number of hydrogen-bond acceptors (Lipinski definition) is 4. The highest BCUT2D eigenvalue weighted by Gasteiger charge is 2.21. The minimum absolute atomic E-state index is 0.125. The van der Waals surface area contributed by atoms with Crippen LogP contribution in [0.5, 0.6) is 5.75 Å². The molecule has 1 N–H and O–H groups in total. The maximum atomic E-state index is 12.1. The van der Waals surface area contributed by atoms with E-state index in [-0.39, 0.29) is 5.91 Å². The van der Waals surface area contributed by atoms with E-state index in [1.165, 1.54) is 0 Å². The largest absolute Gasteiger partial charge is 0.497 e. The van der Waals surface area contributed by atoms with Gasteiger partial charge in [0.15, 0.2) is 0 Å². The fourth-order valence-electron chi connectivity index (χ4n) is 2.66. The zero-order valence-electron chi connectivity index (χ0n) is 13.1. The molecule has 1 fully saturated rings. The molecule has 5 nitrogen and oxygen atoms in total. The molecule has 2 rings (SSSR count). The van der Waals surface area contributed by atoms with Crippen LogP contribution in [0.15, 0.2) is 18.3 Å². The normalized spacial score (nSPS) is 17.0. The second kappa shape index (κ2) is 7.41. The van der Waals surface area contributed by atoms with Crippen molar-refractivity contribution >= 4 is 5.91 Å². The lowest BCUT2D eigenvalue weighted by Gasteiger charge is -2.34. The number of piperidine rings is 1. The van der Waals surface area contributed by atoms with Crippen LogP contribution in [0.4, 0.5) is 0 Å². The summed E-state index contributed by atoms with van der Waals surface area (Å²) < 4.78 is 5.11. The van der Waals surface area contributed by atoms with Gasteiger partial charge < -0.3 is 15.0 Å². The van der Waals surface area contributed by atoms with Crippen molar-refractivity contribution in [1.29, 1.82) is 0 Å². The second-order valence-corrected chi connectivity index (χ2v) is 5.86. The molecule has 0 unspecified atom stereocenters. The Bertz CT molecular complexity index is 468. The average Bonchev–Trinajstić information content (AvgIpc) is 2.53. The first kappa shape index (κ1) is 15.8. The van der Waals surface area contributed by atoms with Gasteiger partial charge in [-0.05, 0) is 51.8 Å². The Morgan fingerprint density at radius 1 is 1.48 bits per heavy atom. The molecule has 0 bridgehead atoms. The Morgan fingerprint density at radius 2 is 2.19 bits per heavy atom. The standard InChI is InChI=1S/C16H25N3O2/c1-12(2)19-8-5-13(6-9-19)11-18-16(20)15-10-14(21-3)4-7-17-15/h4,7,10,12-13H,5-6,8-9,11H2,1-3H3,(H,18,20). The molecule has 1 aromatic heterocycles. The monoisotopic (exact) mass is 291 g/mol. The van der Waals surface area contributed by atoms with Crippen LogP contribution in [0, 0.1) is 5.92 Å². The van der Waals surface area contributed by atoms with Crippen LogP contribution < -0.4 is 10.1 Å². The third-order valence-corrected chi connectivity index (χ3v) is 4.13. The second-order valence-electron chi connectivity index (χ2n) is 5.86. The van der Waals surface area contributed by atoms with Crippen LogP contribution in [0.1, 0.15) is 37.2 Å². The van der Waals surface area contributed by atoms with Gasteiger partial charge in [0, 0.05) is 24.8 Å². The summed E-state index contributed by atoms with van der Waals surface area (Å²) in [6.45, 7) is 7.43. The van der Waals surface area contributed by atoms with E-state index in [4.69, 9.17) is 4.74 Å². The zero-order valence-corrected chi connectivity index (χ0v) is 13.1. The Morgan fingerprint density at radius 3 is 2.81 bits per heavy atom. The summed E-state index contributed by atoms with van der Waals surface area (Å²) in [5, 5.41) is 2.99. The molecule has 5 heteroatoms. The number of carbonyl (C=O) groups excluding carboxylic acids is 1. The summed E-state index contributed by atoms with van der Waals surface area (Å²) in [7, 11) is 1.58. The summed E-state index contributed by atoms with van der Waals surface area (Å²) in [6, 6.07) is 4.01. The first-order chi connectivity index (χ1) is 10.1. The van der Waals surface area contributed by atoms with Crippen molar-refractivity contribution in [3.05, 3.63) is 24.0 Å². The molecule has 1 saturated heterocycles. The molecule has 0 saturated carbocycles. The number of methoxy groups -OCH3 is 1. The van der Waals surface area contributed by atoms with Crippen LogP contribution in [0.3, 0.4) is 0 Å². The predicted octanol–water partition coefficient (Wildman–Crippen LogP) is 1.94. The third kappa shape index (κ3) is 4.43. The van der Waals surface area contributed by atoms with E-state index in [1.54, 1.807) is 25.4 Å².